The summed E-state index contributed by atoms with van der Waals surface area (Å²) in [5, 5.41) is 12.0. The number of thiocarbonyl (C=S) groups is 1. The average molecular weight is 402 g/mol. The van der Waals surface area contributed by atoms with Crippen LogP contribution in [0.1, 0.15) is 31.1 Å². The second-order valence-electron chi connectivity index (χ2n) is 4.97. The number of aromatic nitrogens is 2. The molecule has 1 atom stereocenters. The third kappa shape index (κ3) is 4.21. The maximum absolute atomic E-state index is 6.18. The molecule has 1 aromatic heterocycles. The Labute approximate surface area is 149 Å². The number of hydrogen-bond acceptors (Lipinski definition) is 2. The van der Waals surface area contributed by atoms with Gasteiger partial charge in [-0.1, -0.05) is 27.5 Å². The van der Waals surface area contributed by atoms with Crippen LogP contribution in [0.2, 0.25) is 5.02 Å². The van der Waals surface area contributed by atoms with Crippen molar-refractivity contribution in [1.82, 2.24) is 15.1 Å². The van der Waals surface area contributed by atoms with E-state index in [2.05, 4.69) is 45.5 Å². The molecule has 0 aliphatic heterocycles. The molecule has 0 saturated heterocycles. The fraction of sp³-hybridized carbons (Fsp3) is 0.333. The number of halogens is 2. The lowest BCUT2D eigenvalue weighted by Gasteiger charge is -2.17. The molecule has 0 aliphatic carbocycles. The zero-order valence-corrected chi connectivity index (χ0v) is 15.8. The molecule has 0 aliphatic rings. The molecule has 4 nitrogen and oxygen atoms in total. The molecule has 1 heterocycles. The van der Waals surface area contributed by atoms with Crippen LogP contribution in [-0.4, -0.2) is 14.9 Å². The van der Waals surface area contributed by atoms with E-state index >= 15 is 0 Å². The first-order chi connectivity index (χ1) is 10.4. The van der Waals surface area contributed by atoms with Crippen molar-refractivity contribution >= 4 is 50.5 Å². The maximum atomic E-state index is 6.18. The lowest BCUT2D eigenvalue weighted by molar-refractivity contribution is 0.651. The van der Waals surface area contributed by atoms with Gasteiger partial charge in [-0.05, 0) is 51.2 Å². The van der Waals surface area contributed by atoms with Gasteiger partial charge in [-0.25, -0.2) is 0 Å². The Morgan fingerprint density at radius 1 is 1.50 bits per heavy atom. The Kier molecular flexibility index (Phi) is 5.83. The van der Waals surface area contributed by atoms with Crippen molar-refractivity contribution in [3.05, 3.63) is 45.1 Å². The number of nitrogens with zero attached hydrogens (tertiary/aromatic N) is 2. The van der Waals surface area contributed by atoms with E-state index in [-0.39, 0.29) is 6.04 Å². The van der Waals surface area contributed by atoms with E-state index in [4.69, 9.17) is 23.8 Å². The summed E-state index contributed by atoms with van der Waals surface area (Å²) in [6.45, 7) is 6.98. The predicted molar refractivity (Wildman–Crippen MR) is 99.6 cm³/mol. The normalized spacial score (nSPS) is 12.0. The Balaban J connectivity index is 2.03. The molecule has 0 bridgehead atoms. The van der Waals surface area contributed by atoms with Gasteiger partial charge in [0, 0.05) is 22.8 Å². The van der Waals surface area contributed by atoms with Crippen molar-refractivity contribution in [1.29, 1.82) is 0 Å². The number of anilines is 1. The van der Waals surface area contributed by atoms with Crippen molar-refractivity contribution in [3.8, 4) is 0 Å². The first-order valence-corrected chi connectivity index (χ1v) is 8.55. The Morgan fingerprint density at radius 3 is 2.82 bits per heavy atom. The summed E-state index contributed by atoms with van der Waals surface area (Å²) in [6, 6.07) is 5.68. The lowest BCUT2D eigenvalue weighted by Crippen LogP contribution is -2.31. The summed E-state index contributed by atoms with van der Waals surface area (Å²) < 4.78 is 2.85. The van der Waals surface area contributed by atoms with Crippen LogP contribution in [0.4, 0.5) is 5.69 Å². The van der Waals surface area contributed by atoms with E-state index < -0.39 is 0 Å². The van der Waals surface area contributed by atoms with Crippen LogP contribution in [0.5, 0.6) is 0 Å². The van der Waals surface area contributed by atoms with Gasteiger partial charge in [-0.15, -0.1) is 0 Å². The van der Waals surface area contributed by atoms with E-state index in [0.29, 0.717) is 10.1 Å². The van der Waals surface area contributed by atoms with Crippen molar-refractivity contribution < 1.29 is 0 Å². The summed E-state index contributed by atoms with van der Waals surface area (Å²) in [6.07, 6.45) is 2.04. The Bertz CT molecular complexity index is 686. The van der Waals surface area contributed by atoms with Gasteiger partial charge >= 0.3 is 0 Å². The quantitative estimate of drug-likeness (QED) is 0.730. The highest BCUT2D eigenvalue weighted by atomic mass is 79.9. The molecule has 22 heavy (non-hydrogen) atoms. The Hall–Kier alpha value is -1.11. The minimum atomic E-state index is 0.0644. The maximum Gasteiger partial charge on any atom is 0.171 e. The summed E-state index contributed by atoms with van der Waals surface area (Å²) in [7, 11) is 0. The SMILES string of the molecule is CCn1cc(C(C)NC(=S)Nc2ccc(Br)cc2Cl)c(C)n1. The molecule has 2 aromatic rings. The number of aryl methyl sites for hydroxylation is 2. The van der Waals surface area contributed by atoms with Crippen LogP contribution in [0.3, 0.4) is 0 Å². The van der Waals surface area contributed by atoms with Gasteiger partial charge in [0.1, 0.15) is 0 Å². The molecule has 1 aromatic carbocycles. The summed E-state index contributed by atoms with van der Waals surface area (Å²) in [4.78, 5) is 0. The van der Waals surface area contributed by atoms with Crippen LogP contribution in [0, 0.1) is 6.92 Å². The van der Waals surface area contributed by atoms with Crippen LogP contribution < -0.4 is 10.6 Å². The molecule has 0 amide bonds. The van der Waals surface area contributed by atoms with Gasteiger partial charge in [0.05, 0.1) is 22.4 Å². The summed E-state index contributed by atoms with van der Waals surface area (Å²) in [5.74, 6) is 0. The highest BCUT2D eigenvalue weighted by Crippen LogP contribution is 2.25. The van der Waals surface area contributed by atoms with Crippen molar-refractivity contribution in [2.45, 2.75) is 33.4 Å². The third-order valence-electron chi connectivity index (χ3n) is 3.30. The molecule has 0 spiro atoms. The minimum Gasteiger partial charge on any atom is -0.356 e. The van der Waals surface area contributed by atoms with E-state index in [1.165, 1.54) is 0 Å². The van der Waals surface area contributed by atoms with E-state index in [9.17, 15) is 0 Å². The van der Waals surface area contributed by atoms with Gasteiger partial charge < -0.3 is 10.6 Å². The highest BCUT2D eigenvalue weighted by Gasteiger charge is 2.13. The van der Waals surface area contributed by atoms with Gasteiger partial charge in [0.2, 0.25) is 0 Å². The third-order valence-corrected chi connectivity index (χ3v) is 4.33. The number of benzene rings is 1. The molecular formula is C15H18BrClN4S. The molecule has 2 N–H and O–H groups in total. The zero-order chi connectivity index (χ0) is 16.3. The fourth-order valence-electron chi connectivity index (χ4n) is 2.14. The topological polar surface area (TPSA) is 41.9 Å². The number of rotatable bonds is 4. The molecule has 7 heteroatoms. The molecule has 1 unspecified atom stereocenters. The summed E-state index contributed by atoms with van der Waals surface area (Å²) in [5.41, 5.74) is 2.91. The smallest absolute Gasteiger partial charge is 0.171 e. The second kappa shape index (κ2) is 7.44. The van der Waals surface area contributed by atoms with Gasteiger partial charge in [-0.2, -0.15) is 5.10 Å². The molecule has 2 rings (SSSR count). The molecule has 118 valence electrons. The largest absolute Gasteiger partial charge is 0.356 e. The summed E-state index contributed by atoms with van der Waals surface area (Å²) >= 11 is 14.9. The van der Waals surface area contributed by atoms with E-state index in [1.54, 1.807) is 0 Å². The molecule has 0 radical (unpaired) electrons. The molecule has 0 saturated carbocycles. The predicted octanol–water partition coefficient (Wildman–Crippen LogP) is 4.67. The zero-order valence-electron chi connectivity index (χ0n) is 12.7. The van der Waals surface area contributed by atoms with Crippen LogP contribution >= 0.6 is 39.7 Å². The van der Waals surface area contributed by atoms with Crippen molar-refractivity contribution in [3.63, 3.8) is 0 Å². The second-order valence-corrected chi connectivity index (χ2v) is 6.70. The van der Waals surface area contributed by atoms with Crippen LogP contribution in [-0.2, 0) is 6.54 Å². The minimum absolute atomic E-state index is 0.0644. The molecular weight excluding hydrogens is 384 g/mol. The van der Waals surface area contributed by atoms with E-state index in [0.717, 1.165) is 28.0 Å². The number of nitrogens with one attached hydrogen (secondary N) is 2. The first-order valence-electron chi connectivity index (χ1n) is 6.97. The van der Waals surface area contributed by atoms with Crippen molar-refractivity contribution in [2.75, 3.05) is 5.32 Å². The lowest BCUT2D eigenvalue weighted by atomic mass is 10.1. The monoisotopic (exact) mass is 400 g/mol. The fourth-order valence-corrected chi connectivity index (χ4v) is 3.15. The van der Waals surface area contributed by atoms with E-state index in [1.807, 2.05) is 36.0 Å². The van der Waals surface area contributed by atoms with Gasteiger partial charge in [0.25, 0.3) is 0 Å². The van der Waals surface area contributed by atoms with Crippen LogP contribution in [0.15, 0.2) is 28.9 Å². The average Bonchev–Trinajstić information content (AvgIpc) is 2.83. The van der Waals surface area contributed by atoms with Crippen LogP contribution in [0.25, 0.3) is 0 Å². The Morgan fingerprint density at radius 2 is 2.23 bits per heavy atom. The van der Waals surface area contributed by atoms with Crippen molar-refractivity contribution in [2.24, 2.45) is 0 Å². The van der Waals surface area contributed by atoms with Gasteiger partial charge in [0.15, 0.2) is 5.11 Å². The molecule has 0 fully saturated rings. The standard InChI is InChI=1S/C15H18BrClN4S/c1-4-21-8-12(10(3)20-21)9(2)18-15(22)19-14-6-5-11(16)7-13(14)17/h5-9H,4H2,1-3H3,(H2,18,19,22). The first kappa shape index (κ1) is 17.2. The highest BCUT2D eigenvalue weighted by molar-refractivity contribution is 9.10. The number of hydrogen-bond donors (Lipinski definition) is 2. The van der Waals surface area contributed by atoms with Gasteiger partial charge in [-0.3, -0.25) is 4.68 Å².